The van der Waals surface area contributed by atoms with Crippen molar-refractivity contribution in [2.24, 2.45) is 0 Å². The minimum absolute atomic E-state index is 0.0957. The van der Waals surface area contributed by atoms with E-state index in [0.29, 0.717) is 40.6 Å². The van der Waals surface area contributed by atoms with E-state index in [1.165, 1.54) is 24.8 Å². The molecule has 2 aromatic carbocycles. The van der Waals surface area contributed by atoms with Crippen LogP contribution in [0.25, 0.3) is 22.5 Å². The lowest BCUT2D eigenvalue weighted by molar-refractivity contribution is -0.137. The summed E-state index contributed by atoms with van der Waals surface area (Å²) in [6.07, 6.45) is -0.0286. The average Bonchev–Trinajstić information content (AvgIpc) is 2.85. The van der Waals surface area contributed by atoms with E-state index in [2.05, 4.69) is 30.6 Å². The number of rotatable bonds is 6. The van der Waals surface area contributed by atoms with Crippen LogP contribution in [0.4, 0.5) is 24.7 Å². The lowest BCUT2D eigenvalue weighted by Crippen LogP contribution is -2.14. The molecule has 0 atom stereocenters. The van der Waals surface area contributed by atoms with Crippen LogP contribution in [0.2, 0.25) is 0 Å². The first kappa shape index (κ1) is 23.8. The lowest BCUT2D eigenvalue weighted by Gasteiger charge is -2.14. The molecule has 10 heteroatoms. The van der Waals surface area contributed by atoms with Crippen LogP contribution < -0.4 is 10.6 Å². The fourth-order valence-corrected chi connectivity index (χ4v) is 3.51. The van der Waals surface area contributed by atoms with Gasteiger partial charge < -0.3 is 10.6 Å². The molecule has 1 amide bonds. The number of nitrogens with one attached hydrogen (secondary N) is 2. The molecule has 35 heavy (non-hydrogen) atoms. The Balaban J connectivity index is 1.68. The predicted molar refractivity (Wildman–Crippen MR) is 127 cm³/mol. The minimum Gasteiger partial charge on any atom is -0.370 e. The molecule has 0 radical (unpaired) electrons. The molecule has 0 saturated carbocycles. The number of carbonyl (C=O) groups is 1. The fourth-order valence-electron chi connectivity index (χ4n) is 3.51. The van der Waals surface area contributed by atoms with E-state index in [0.717, 1.165) is 17.7 Å². The van der Waals surface area contributed by atoms with Crippen molar-refractivity contribution in [1.82, 2.24) is 19.9 Å². The van der Waals surface area contributed by atoms with Crippen molar-refractivity contribution in [3.05, 3.63) is 84.1 Å². The largest absolute Gasteiger partial charge is 0.416 e. The molecule has 0 fully saturated rings. The highest BCUT2D eigenvalue weighted by Crippen LogP contribution is 2.33. The third-order valence-electron chi connectivity index (χ3n) is 5.22. The quantitative estimate of drug-likeness (QED) is 0.374. The summed E-state index contributed by atoms with van der Waals surface area (Å²) in [6.45, 7) is 4.55. The van der Waals surface area contributed by atoms with Crippen LogP contribution >= 0.6 is 0 Å². The summed E-state index contributed by atoms with van der Waals surface area (Å²) in [6, 6.07) is 11.3. The maximum absolute atomic E-state index is 13.0. The molecule has 0 saturated heterocycles. The van der Waals surface area contributed by atoms with Crippen LogP contribution in [-0.2, 0) is 6.18 Å². The zero-order valence-electron chi connectivity index (χ0n) is 18.9. The number of aryl methyl sites for hydroxylation is 1. The van der Waals surface area contributed by atoms with Crippen LogP contribution in [0.3, 0.4) is 0 Å². The molecular weight excluding hydrogens is 457 g/mol. The summed E-state index contributed by atoms with van der Waals surface area (Å²) >= 11 is 0. The molecular formula is C25H21F3N6O. The first-order valence-corrected chi connectivity index (χ1v) is 10.7. The van der Waals surface area contributed by atoms with E-state index in [-0.39, 0.29) is 5.56 Å². The van der Waals surface area contributed by atoms with Gasteiger partial charge in [-0.05, 0) is 49.7 Å². The van der Waals surface area contributed by atoms with Crippen LogP contribution in [0.5, 0.6) is 0 Å². The molecule has 0 aliphatic heterocycles. The Morgan fingerprint density at radius 1 is 0.971 bits per heavy atom. The lowest BCUT2D eigenvalue weighted by atomic mass is 9.99. The smallest absolute Gasteiger partial charge is 0.370 e. The molecule has 4 aromatic rings. The highest BCUT2D eigenvalue weighted by Gasteiger charge is 2.31. The summed E-state index contributed by atoms with van der Waals surface area (Å²) in [7, 11) is 0. The minimum atomic E-state index is -4.54. The number of halogens is 3. The highest BCUT2D eigenvalue weighted by atomic mass is 19.4. The average molecular weight is 478 g/mol. The zero-order valence-corrected chi connectivity index (χ0v) is 18.9. The zero-order chi connectivity index (χ0) is 25.0. The van der Waals surface area contributed by atoms with Gasteiger partial charge in [-0.3, -0.25) is 4.79 Å². The van der Waals surface area contributed by atoms with E-state index >= 15 is 0 Å². The molecule has 178 valence electrons. The molecule has 2 heterocycles. The Bertz CT molecular complexity index is 1370. The molecule has 2 aromatic heterocycles. The second-order valence-corrected chi connectivity index (χ2v) is 7.67. The maximum Gasteiger partial charge on any atom is 0.416 e. The van der Waals surface area contributed by atoms with Crippen molar-refractivity contribution in [3.63, 3.8) is 0 Å². The van der Waals surface area contributed by atoms with Gasteiger partial charge in [-0.15, -0.1) is 0 Å². The van der Waals surface area contributed by atoms with Gasteiger partial charge in [-0.2, -0.15) is 13.2 Å². The Kier molecular flexibility index (Phi) is 6.72. The van der Waals surface area contributed by atoms with E-state index < -0.39 is 17.6 Å². The Hall–Kier alpha value is -4.34. The monoisotopic (exact) mass is 478 g/mol. The predicted octanol–water partition coefficient (Wildman–Crippen LogP) is 5.61. The molecule has 0 aliphatic rings. The molecule has 0 spiro atoms. The third kappa shape index (κ3) is 5.43. The molecule has 7 nitrogen and oxygen atoms in total. The van der Waals surface area contributed by atoms with E-state index in [1.54, 1.807) is 30.5 Å². The topological polar surface area (TPSA) is 92.7 Å². The summed E-state index contributed by atoms with van der Waals surface area (Å²) in [5, 5.41) is 5.81. The highest BCUT2D eigenvalue weighted by molar-refractivity contribution is 6.04. The van der Waals surface area contributed by atoms with Gasteiger partial charge >= 0.3 is 6.18 Å². The van der Waals surface area contributed by atoms with Crippen LogP contribution in [0.1, 0.15) is 28.4 Å². The van der Waals surface area contributed by atoms with Crippen molar-refractivity contribution in [2.45, 2.75) is 20.0 Å². The Morgan fingerprint density at radius 3 is 2.57 bits per heavy atom. The van der Waals surface area contributed by atoms with Gasteiger partial charge in [-0.25, -0.2) is 19.9 Å². The number of carbonyl (C=O) groups excluding carboxylic acids is 1. The van der Waals surface area contributed by atoms with Crippen LogP contribution in [0, 0.1) is 6.92 Å². The SMILES string of the molecule is CCNc1cc(-c2cncnc2-c2cc(NC(=O)c3cccc(C(F)(F)F)c3)ccc2C)ncn1. The van der Waals surface area contributed by atoms with Gasteiger partial charge in [0.05, 0.1) is 17.0 Å². The second kappa shape index (κ2) is 9.88. The number of anilines is 2. The standard InChI is InChI=1S/C25H21F3N6O/c1-3-30-22-11-21(31-14-32-22)20-12-29-13-33-23(20)19-10-18(8-7-15(19)2)34-24(35)16-5-4-6-17(9-16)25(26,27)28/h4-14H,3H2,1-2H3,(H,34,35)(H,30,31,32). The van der Waals surface area contributed by atoms with E-state index in [4.69, 9.17) is 0 Å². The molecule has 0 bridgehead atoms. The number of hydrogen-bond acceptors (Lipinski definition) is 6. The first-order valence-electron chi connectivity index (χ1n) is 10.7. The van der Waals surface area contributed by atoms with Crippen molar-refractivity contribution >= 4 is 17.4 Å². The van der Waals surface area contributed by atoms with Gasteiger partial charge in [0.25, 0.3) is 5.91 Å². The first-order chi connectivity index (χ1) is 16.8. The van der Waals surface area contributed by atoms with Gasteiger partial charge in [0.2, 0.25) is 0 Å². The fraction of sp³-hybridized carbons (Fsp3) is 0.160. The molecule has 2 N–H and O–H groups in total. The van der Waals surface area contributed by atoms with Gasteiger partial charge in [0, 0.05) is 41.2 Å². The normalized spacial score (nSPS) is 11.2. The number of amides is 1. The van der Waals surface area contributed by atoms with Crippen LogP contribution in [-0.4, -0.2) is 32.4 Å². The van der Waals surface area contributed by atoms with Crippen molar-refractivity contribution < 1.29 is 18.0 Å². The molecule has 0 aliphatic carbocycles. The summed E-state index contributed by atoms with van der Waals surface area (Å²) in [5.41, 5.74) is 2.89. The number of hydrogen-bond donors (Lipinski definition) is 2. The third-order valence-corrected chi connectivity index (χ3v) is 5.22. The number of aromatic nitrogens is 4. The summed E-state index contributed by atoms with van der Waals surface area (Å²) < 4.78 is 39.1. The summed E-state index contributed by atoms with van der Waals surface area (Å²) in [4.78, 5) is 29.8. The van der Waals surface area contributed by atoms with Crippen molar-refractivity contribution in [3.8, 4) is 22.5 Å². The number of benzene rings is 2. The number of alkyl halides is 3. The Morgan fingerprint density at radius 2 is 1.80 bits per heavy atom. The van der Waals surface area contributed by atoms with Gasteiger partial charge in [0.15, 0.2) is 0 Å². The maximum atomic E-state index is 13.0. The van der Waals surface area contributed by atoms with Gasteiger partial charge in [0.1, 0.15) is 18.5 Å². The molecule has 0 unspecified atom stereocenters. The number of nitrogens with zero attached hydrogens (tertiary/aromatic N) is 4. The van der Waals surface area contributed by atoms with E-state index in [1.807, 2.05) is 13.8 Å². The summed E-state index contributed by atoms with van der Waals surface area (Å²) in [5.74, 6) is 0.00558. The molecule has 4 rings (SSSR count). The van der Waals surface area contributed by atoms with Gasteiger partial charge in [-0.1, -0.05) is 12.1 Å². The van der Waals surface area contributed by atoms with E-state index in [9.17, 15) is 18.0 Å². The second-order valence-electron chi connectivity index (χ2n) is 7.67. The van der Waals surface area contributed by atoms with Crippen molar-refractivity contribution in [2.75, 3.05) is 17.2 Å². The van der Waals surface area contributed by atoms with Crippen LogP contribution in [0.15, 0.2) is 67.4 Å². The van der Waals surface area contributed by atoms with Crippen molar-refractivity contribution in [1.29, 1.82) is 0 Å². The Labute approximate surface area is 199 Å².